The minimum Gasteiger partial charge on any atom is -0.370 e. The molecular weight excluding hydrogens is 305 g/mol. The summed E-state index contributed by atoms with van der Waals surface area (Å²) in [5.41, 5.74) is 6.89. The number of hydrogen-bond donors (Lipinski definition) is 3. The first-order chi connectivity index (χ1) is 11.5. The second-order valence-corrected chi connectivity index (χ2v) is 4.98. The second-order valence-electron chi connectivity index (χ2n) is 4.98. The molecule has 0 aliphatic carbocycles. The van der Waals surface area contributed by atoms with E-state index in [-0.39, 0.29) is 11.8 Å². The molecule has 4 N–H and O–H groups in total. The molecule has 0 unspecified atom stereocenters. The van der Waals surface area contributed by atoms with E-state index in [2.05, 4.69) is 34.4 Å². The Kier molecular flexibility index (Phi) is 11.1. The normalized spacial score (nSPS) is 9.50. The average Bonchev–Trinajstić information content (AvgIpc) is 2.57. The molecule has 0 saturated carbocycles. The van der Waals surface area contributed by atoms with E-state index in [4.69, 9.17) is 5.73 Å². The fraction of sp³-hybridized carbons (Fsp3) is 0.444. The van der Waals surface area contributed by atoms with Crippen LogP contribution in [0.4, 0.5) is 16.2 Å². The number of aromatic nitrogens is 2. The lowest BCUT2D eigenvalue weighted by Crippen LogP contribution is -2.15. The number of nitrogens with two attached hydrogens (primary N) is 1. The van der Waals surface area contributed by atoms with E-state index >= 15 is 0 Å². The number of halogens is 1. The van der Waals surface area contributed by atoms with Crippen molar-refractivity contribution in [2.45, 2.75) is 40.7 Å². The molecule has 2 aromatic rings. The molecule has 0 radical (unpaired) electrons. The van der Waals surface area contributed by atoms with Crippen LogP contribution in [0.25, 0.3) is 11.3 Å². The summed E-state index contributed by atoms with van der Waals surface area (Å²) in [5.74, 6) is 0.506. The molecule has 0 spiro atoms. The topological polar surface area (TPSA) is 75.9 Å². The third-order valence-corrected chi connectivity index (χ3v) is 2.80. The Morgan fingerprint density at radius 1 is 1.17 bits per heavy atom. The van der Waals surface area contributed by atoms with E-state index in [1.807, 2.05) is 27.8 Å². The van der Waals surface area contributed by atoms with Crippen LogP contribution in [0.1, 0.15) is 34.6 Å². The Labute approximate surface area is 144 Å². The first-order valence-corrected chi connectivity index (χ1v) is 8.27. The van der Waals surface area contributed by atoms with Gasteiger partial charge >= 0.3 is 0 Å². The van der Waals surface area contributed by atoms with Crippen LogP contribution in [0.3, 0.4) is 0 Å². The predicted octanol–water partition coefficient (Wildman–Crippen LogP) is 3.94. The van der Waals surface area contributed by atoms with Crippen LogP contribution in [0.15, 0.2) is 30.3 Å². The molecule has 0 aliphatic heterocycles. The molecule has 0 saturated heterocycles. The van der Waals surface area contributed by atoms with Gasteiger partial charge in [-0.2, -0.15) is 4.98 Å². The molecule has 5 nitrogen and oxygen atoms in total. The number of benzene rings is 1. The van der Waals surface area contributed by atoms with Crippen molar-refractivity contribution in [3.8, 4) is 11.3 Å². The minimum atomic E-state index is -0.301. The zero-order chi connectivity index (χ0) is 18.5. The van der Waals surface area contributed by atoms with E-state index in [0.717, 1.165) is 6.54 Å². The number of rotatable bonds is 4. The van der Waals surface area contributed by atoms with Gasteiger partial charge < -0.3 is 16.4 Å². The molecule has 1 aromatic heterocycles. The van der Waals surface area contributed by atoms with Crippen LogP contribution in [0.5, 0.6) is 0 Å². The second kappa shape index (κ2) is 12.2. The molecule has 24 heavy (non-hydrogen) atoms. The monoisotopic (exact) mass is 335 g/mol. The average molecular weight is 335 g/mol. The fourth-order valence-electron chi connectivity index (χ4n) is 1.53. The Bertz CT molecular complexity index is 587. The molecule has 1 aromatic carbocycles. The molecule has 1 heterocycles. The Morgan fingerprint density at radius 3 is 2.29 bits per heavy atom. The Balaban J connectivity index is 0.000000650. The van der Waals surface area contributed by atoms with Crippen LogP contribution in [-0.4, -0.2) is 29.6 Å². The van der Waals surface area contributed by atoms with Crippen molar-refractivity contribution in [1.82, 2.24) is 15.3 Å². The van der Waals surface area contributed by atoms with Crippen molar-refractivity contribution >= 4 is 11.8 Å². The van der Waals surface area contributed by atoms with Crippen LogP contribution in [-0.2, 0) is 0 Å². The van der Waals surface area contributed by atoms with Crippen molar-refractivity contribution in [2.75, 3.05) is 24.6 Å². The SMILES string of the molecule is CC.CCNc1cc(-c2cccc(F)c2)nc(N)n1.CNC(C)C. The van der Waals surface area contributed by atoms with E-state index in [0.29, 0.717) is 23.1 Å². The summed E-state index contributed by atoms with van der Waals surface area (Å²) in [6.45, 7) is 10.9. The summed E-state index contributed by atoms with van der Waals surface area (Å²) >= 11 is 0. The quantitative estimate of drug-likeness (QED) is 0.789. The highest BCUT2D eigenvalue weighted by Crippen LogP contribution is 2.21. The summed E-state index contributed by atoms with van der Waals surface area (Å²) in [6, 6.07) is 8.59. The smallest absolute Gasteiger partial charge is 0.222 e. The molecule has 6 heteroatoms. The van der Waals surface area contributed by atoms with Crippen molar-refractivity contribution in [3.63, 3.8) is 0 Å². The van der Waals surface area contributed by atoms with Gasteiger partial charge in [0.05, 0.1) is 5.69 Å². The van der Waals surface area contributed by atoms with Gasteiger partial charge in [-0.3, -0.25) is 0 Å². The number of nitrogens with zero attached hydrogens (tertiary/aromatic N) is 2. The lowest BCUT2D eigenvalue weighted by molar-refractivity contribution is 0.628. The highest BCUT2D eigenvalue weighted by atomic mass is 19.1. The Morgan fingerprint density at radius 2 is 1.79 bits per heavy atom. The van der Waals surface area contributed by atoms with Gasteiger partial charge in [-0.05, 0) is 26.1 Å². The summed E-state index contributed by atoms with van der Waals surface area (Å²) in [5, 5.41) is 6.08. The van der Waals surface area contributed by atoms with E-state index in [1.165, 1.54) is 12.1 Å². The molecule has 2 rings (SSSR count). The van der Waals surface area contributed by atoms with E-state index in [9.17, 15) is 4.39 Å². The standard InChI is InChI=1S/C12H13FN4.C4H11N.C2H6/c1-2-15-11-7-10(16-12(14)17-11)8-4-3-5-9(13)6-8;1-4(2)5-3;1-2/h3-7H,2H2,1H3,(H3,14,15,16,17);4-5H,1-3H3;1-2H3. The lowest BCUT2D eigenvalue weighted by atomic mass is 10.1. The first-order valence-electron chi connectivity index (χ1n) is 8.27. The first kappa shape index (κ1) is 21.8. The molecule has 0 amide bonds. The molecule has 134 valence electrons. The summed E-state index contributed by atoms with van der Waals surface area (Å²) in [7, 11) is 1.95. The number of nitrogens with one attached hydrogen (secondary N) is 2. The van der Waals surface area contributed by atoms with Crippen molar-refractivity contribution in [3.05, 3.63) is 36.1 Å². The van der Waals surface area contributed by atoms with Gasteiger partial charge in [-0.15, -0.1) is 0 Å². The molecule has 0 aliphatic rings. The van der Waals surface area contributed by atoms with Gasteiger partial charge in [0.15, 0.2) is 0 Å². The van der Waals surface area contributed by atoms with Crippen molar-refractivity contribution < 1.29 is 4.39 Å². The predicted molar refractivity (Wildman–Crippen MR) is 102 cm³/mol. The van der Waals surface area contributed by atoms with Crippen molar-refractivity contribution in [2.24, 2.45) is 0 Å². The Hall–Kier alpha value is -2.21. The molecular formula is C18H30FN5. The van der Waals surface area contributed by atoms with E-state index in [1.54, 1.807) is 18.2 Å². The number of anilines is 2. The third kappa shape index (κ3) is 8.43. The zero-order valence-corrected chi connectivity index (χ0v) is 15.5. The maximum atomic E-state index is 13.1. The zero-order valence-electron chi connectivity index (χ0n) is 15.5. The van der Waals surface area contributed by atoms with Gasteiger partial charge in [-0.1, -0.05) is 39.8 Å². The van der Waals surface area contributed by atoms with Gasteiger partial charge in [0.25, 0.3) is 0 Å². The van der Waals surface area contributed by atoms with E-state index < -0.39 is 0 Å². The lowest BCUT2D eigenvalue weighted by Gasteiger charge is -2.06. The highest BCUT2D eigenvalue weighted by molar-refractivity contribution is 5.63. The summed E-state index contributed by atoms with van der Waals surface area (Å²) < 4.78 is 13.1. The van der Waals surface area contributed by atoms with Gasteiger partial charge in [0, 0.05) is 24.2 Å². The summed E-state index contributed by atoms with van der Waals surface area (Å²) in [6.07, 6.45) is 0. The van der Waals surface area contributed by atoms with Gasteiger partial charge in [-0.25, -0.2) is 9.37 Å². The summed E-state index contributed by atoms with van der Waals surface area (Å²) in [4.78, 5) is 8.12. The van der Waals surface area contributed by atoms with Crippen LogP contribution >= 0.6 is 0 Å². The molecule has 0 fully saturated rings. The van der Waals surface area contributed by atoms with Gasteiger partial charge in [0.2, 0.25) is 5.95 Å². The van der Waals surface area contributed by atoms with Crippen molar-refractivity contribution in [1.29, 1.82) is 0 Å². The maximum Gasteiger partial charge on any atom is 0.222 e. The fourth-order valence-corrected chi connectivity index (χ4v) is 1.53. The van der Waals surface area contributed by atoms with Crippen LogP contribution in [0, 0.1) is 5.82 Å². The number of nitrogen functional groups attached to an aromatic ring is 1. The van der Waals surface area contributed by atoms with Crippen LogP contribution in [0.2, 0.25) is 0 Å². The highest BCUT2D eigenvalue weighted by Gasteiger charge is 2.05. The van der Waals surface area contributed by atoms with Crippen LogP contribution < -0.4 is 16.4 Å². The van der Waals surface area contributed by atoms with Gasteiger partial charge in [0.1, 0.15) is 11.6 Å². The molecule has 0 bridgehead atoms. The minimum absolute atomic E-state index is 0.169. The molecule has 0 atom stereocenters. The largest absolute Gasteiger partial charge is 0.370 e. The maximum absolute atomic E-state index is 13.1. The number of hydrogen-bond acceptors (Lipinski definition) is 5. The third-order valence-electron chi connectivity index (χ3n) is 2.80.